The Morgan fingerprint density at radius 1 is 1.21 bits per heavy atom. The van der Waals surface area contributed by atoms with Crippen molar-refractivity contribution in [1.82, 2.24) is 5.32 Å². The maximum atomic E-state index is 15.0. The van der Waals surface area contributed by atoms with Gasteiger partial charge in [-0.3, -0.25) is 4.18 Å². The van der Waals surface area contributed by atoms with Gasteiger partial charge in [-0.15, -0.1) is 0 Å². The van der Waals surface area contributed by atoms with E-state index in [0.29, 0.717) is 12.8 Å². The fourth-order valence-corrected chi connectivity index (χ4v) is 4.02. The summed E-state index contributed by atoms with van der Waals surface area (Å²) in [6.07, 6.45) is 0.914. The van der Waals surface area contributed by atoms with E-state index in [0.717, 1.165) is 5.56 Å². The van der Waals surface area contributed by atoms with Gasteiger partial charge in [0.2, 0.25) is 0 Å². The van der Waals surface area contributed by atoms with Crippen LogP contribution in [0.2, 0.25) is 0 Å². The Labute approximate surface area is 166 Å². The zero-order valence-corrected chi connectivity index (χ0v) is 17.8. The Morgan fingerprint density at radius 3 is 2.32 bits per heavy atom. The number of ether oxygens (including phenoxy) is 1. The molecule has 8 heteroatoms. The third-order valence-electron chi connectivity index (χ3n) is 4.70. The number of alkyl halides is 1. The summed E-state index contributed by atoms with van der Waals surface area (Å²) in [4.78, 5) is 11.9. The van der Waals surface area contributed by atoms with Crippen LogP contribution in [0, 0.1) is 6.92 Å². The highest BCUT2D eigenvalue weighted by Crippen LogP contribution is 2.35. The first-order valence-corrected chi connectivity index (χ1v) is 10.9. The minimum atomic E-state index is -3.89. The summed E-state index contributed by atoms with van der Waals surface area (Å²) < 4.78 is 49.5. The van der Waals surface area contributed by atoms with Crippen LogP contribution in [0.5, 0.6) is 0 Å². The van der Waals surface area contributed by atoms with E-state index < -0.39 is 27.5 Å². The van der Waals surface area contributed by atoms with Crippen molar-refractivity contribution >= 4 is 16.2 Å². The van der Waals surface area contributed by atoms with Gasteiger partial charge < -0.3 is 10.1 Å². The summed E-state index contributed by atoms with van der Waals surface area (Å²) in [5.41, 5.74) is -1.13. The van der Waals surface area contributed by atoms with E-state index in [4.69, 9.17) is 8.92 Å². The molecular formula is C20H30FNO5S. The average Bonchev–Trinajstić information content (AvgIpc) is 2.56. The number of rotatable bonds is 6. The van der Waals surface area contributed by atoms with Crippen molar-refractivity contribution in [3.63, 3.8) is 0 Å². The zero-order valence-electron chi connectivity index (χ0n) is 17.0. The Hall–Kier alpha value is -1.67. The molecule has 6 nitrogen and oxygen atoms in total. The number of benzene rings is 1. The van der Waals surface area contributed by atoms with Crippen molar-refractivity contribution in [2.45, 2.75) is 82.0 Å². The topological polar surface area (TPSA) is 81.7 Å². The first-order chi connectivity index (χ1) is 12.9. The van der Waals surface area contributed by atoms with E-state index >= 15 is 0 Å². The maximum absolute atomic E-state index is 15.0. The predicted molar refractivity (Wildman–Crippen MR) is 104 cm³/mol. The average molecular weight is 416 g/mol. The lowest BCUT2D eigenvalue weighted by atomic mass is 9.82. The Kier molecular flexibility index (Phi) is 7.09. The van der Waals surface area contributed by atoms with E-state index in [1.807, 2.05) is 6.92 Å². The number of carbonyl (C=O) groups is 1. The van der Waals surface area contributed by atoms with Crippen LogP contribution in [0.3, 0.4) is 0 Å². The minimum Gasteiger partial charge on any atom is -0.444 e. The molecule has 1 N–H and O–H groups in total. The van der Waals surface area contributed by atoms with Crippen molar-refractivity contribution in [3.05, 3.63) is 29.8 Å². The van der Waals surface area contributed by atoms with Crippen molar-refractivity contribution < 1.29 is 26.5 Å². The summed E-state index contributed by atoms with van der Waals surface area (Å²) in [5.74, 6) is 0. The Morgan fingerprint density at radius 2 is 1.79 bits per heavy atom. The van der Waals surface area contributed by atoms with E-state index in [1.165, 1.54) is 12.1 Å². The molecule has 158 valence electrons. The highest BCUT2D eigenvalue weighted by atomic mass is 32.2. The monoisotopic (exact) mass is 415 g/mol. The predicted octanol–water partition coefficient (Wildman–Crippen LogP) is 4.27. The number of halogens is 1. The van der Waals surface area contributed by atoms with Crippen LogP contribution in [0.15, 0.2) is 29.2 Å². The van der Waals surface area contributed by atoms with Crippen LogP contribution in [0.1, 0.15) is 58.4 Å². The second-order valence-electron chi connectivity index (χ2n) is 8.41. The largest absolute Gasteiger partial charge is 0.444 e. The van der Waals surface area contributed by atoms with E-state index in [9.17, 15) is 17.6 Å². The molecule has 0 aromatic heterocycles. The first kappa shape index (κ1) is 22.6. The highest BCUT2D eigenvalue weighted by molar-refractivity contribution is 7.86. The smallest absolute Gasteiger partial charge is 0.407 e. The fourth-order valence-electron chi connectivity index (χ4n) is 3.11. The van der Waals surface area contributed by atoms with Gasteiger partial charge in [0.25, 0.3) is 10.1 Å². The number of amides is 1. The summed E-state index contributed by atoms with van der Waals surface area (Å²) >= 11 is 0. The molecule has 1 aromatic carbocycles. The van der Waals surface area contributed by atoms with E-state index in [2.05, 4.69) is 5.32 Å². The first-order valence-electron chi connectivity index (χ1n) is 9.53. The second kappa shape index (κ2) is 8.78. The van der Waals surface area contributed by atoms with E-state index in [-0.39, 0.29) is 36.8 Å². The van der Waals surface area contributed by atoms with Gasteiger partial charge in [-0.2, -0.15) is 8.42 Å². The molecular weight excluding hydrogens is 385 g/mol. The van der Waals surface area contributed by atoms with Crippen molar-refractivity contribution in [3.8, 4) is 0 Å². The summed E-state index contributed by atoms with van der Waals surface area (Å²) in [6, 6.07) is 6.18. The zero-order chi connectivity index (χ0) is 21.0. The summed E-state index contributed by atoms with van der Waals surface area (Å²) in [7, 11) is -3.89. The summed E-state index contributed by atoms with van der Waals surface area (Å²) in [5, 5.41) is 2.76. The van der Waals surface area contributed by atoms with Crippen LogP contribution < -0.4 is 5.32 Å². The van der Waals surface area contributed by atoms with Gasteiger partial charge in [-0.1, -0.05) is 17.7 Å². The van der Waals surface area contributed by atoms with Crippen LogP contribution in [0.4, 0.5) is 9.18 Å². The molecule has 1 amide bonds. The normalized spacial score (nSPS) is 23.2. The molecule has 0 unspecified atom stereocenters. The van der Waals surface area contributed by atoms with Gasteiger partial charge in [0.15, 0.2) is 0 Å². The Bertz CT molecular complexity index is 763. The molecule has 1 saturated carbocycles. The molecule has 1 aromatic rings. The number of hydrogen-bond acceptors (Lipinski definition) is 5. The standard InChI is InChI=1S/C20H30FNO5S/c1-15-5-7-17(8-6-15)28(24,25)26-14-13-20(21)11-9-16(10-12-20)22-18(23)27-19(2,3)4/h5-8,16H,9-14H2,1-4H3,(H,22,23). The molecule has 0 saturated heterocycles. The van der Waals surface area contributed by atoms with Crippen LogP contribution in [0.25, 0.3) is 0 Å². The van der Waals surface area contributed by atoms with E-state index in [1.54, 1.807) is 32.9 Å². The third-order valence-corrected chi connectivity index (χ3v) is 6.03. The number of carbonyl (C=O) groups excluding carboxylic acids is 1. The number of alkyl carbamates (subject to hydrolysis) is 1. The number of hydrogen-bond donors (Lipinski definition) is 1. The molecule has 1 fully saturated rings. The van der Waals surface area contributed by atoms with Crippen molar-refractivity contribution in [1.29, 1.82) is 0 Å². The molecule has 28 heavy (non-hydrogen) atoms. The van der Waals surface area contributed by atoms with Gasteiger partial charge in [0.05, 0.1) is 11.5 Å². The molecule has 1 aliphatic carbocycles. The van der Waals surface area contributed by atoms with Crippen LogP contribution in [-0.2, 0) is 19.0 Å². The van der Waals surface area contributed by atoms with Gasteiger partial charge in [-0.25, -0.2) is 9.18 Å². The van der Waals surface area contributed by atoms with Crippen molar-refractivity contribution in [2.24, 2.45) is 0 Å². The molecule has 2 rings (SSSR count). The molecule has 0 aliphatic heterocycles. The molecule has 1 aliphatic rings. The Balaban J connectivity index is 1.78. The molecule has 0 bridgehead atoms. The maximum Gasteiger partial charge on any atom is 0.407 e. The lowest BCUT2D eigenvalue weighted by Crippen LogP contribution is -2.44. The molecule has 0 radical (unpaired) electrons. The van der Waals surface area contributed by atoms with Gasteiger partial charge >= 0.3 is 6.09 Å². The van der Waals surface area contributed by atoms with Gasteiger partial charge in [0.1, 0.15) is 11.3 Å². The fraction of sp³-hybridized carbons (Fsp3) is 0.650. The molecule has 0 spiro atoms. The lowest BCUT2D eigenvalue weighted by molar-refractivity contribution is 0.0394. The highest BCUT2D eigenvalue weighted by Gasteiger charge is 2.36. The van der Waals surface area contributed by atoms with Crippen LogP contribution >= 0.6 is 0 Å². The van der Waals surface area contributed by atoms with Crippen molar-refractivity contribution in [2.75, 3.05) is 6.61 Å². The molecule has 0 atom stereocenters. The van der Waals surface area contributed by atoms with Gasteiger partial charge in [-0.05, 0) is 65.5 Å². The number of nitrogens with one attached hydrogen (secondary N) is 1. The van der Waals surface area contributed by atoms with Gasteiger partial charge in [0, 0.05) is 12.5 Å². The SMILES string of the molecule is Cc1ccc(S(=O)(=O)OCCC2(F)CCC(NC(=O)OC(C)(C)C)CC2)cc1. The second-order valence-corrected chi connectivity index (χ2v) is 10.0. The summed E-state index contributed by atoms with van der Waals surface area (Å²) in [6.45, 7) is 7.00. The minimum absolute atomic E-state index is 0.00273. The molecule has 0 heterocycles. The quantitative estimate of drug-likeness (QED) is 0.702. The van der Waals surface area contributed by atoms with Crippen LogP contribution in [-0.4, -0.2) is 38.4 Å². The third kappa shape index (κ3) is 7.05. The lowest BCUT2D eigenvalue weighted by Gasteiger charge is -2.34. The number of aryl methyl sites for hydroxylation is 1.